The van der Waals surface area contributed by atoms with Crippen molar-refractivity contribution in [3.8, 4) is 5.75 Å². The molecule has 0 saturated carbocycles. The maximum Gasteiger partial charge on any atom is 0.139 e. The first-order chi connectivity index (χ1) is 9.43. The number of halogens is 3. The molecule has 108 valence electrons. The minimum Gasteiger partial charge on any atom is -0.492 e. The second-order valence-corrected chi connectivity index (χ2v) is 7.51. The van der Waals surface area contributed by atoms with Gasteiger partial charge in [-0.1, -0.05) is 39.1 Å². The van der Waals surface area contributed by atoms with Gasteiger partial charge in [-0.15, -0.1) is 11.3 Å². The Morgan fingerprint density at radius 1 is 1.20 bits per heavy atom. The van der Waals surface area contributed by atoms with E-state index in [1.807, 2.05) is 13.0 Å². The zero-order valence-electron chi connectivity index (χ0n) is 11.5. The third-order valence-electron chi connectivity index (χ3n) is 3.06. The van der Waals surface area contributed by atoms with Crippen LogP contribution in [-0.4, -0.2) is 6.61 Å². The Labute approximate surface area is 142 Å². The normalized spacial score (nSPS) is 12.5. The molecule has 0 saturated heterocycles. The fourth-order valence-corrected chi connectivity index (χ4v) is 4.34. The van der Waals surface area contributed by atoms with Crippen LogP contribution in [0.2, 0.25) is 10.0 Å². The molecule has 1 unspecified atom stereocenters. The molecule has 20 heavy (non-hydrogen) atoms. The van der Waals surface area contributed by atoms with Crippen LogP contribution in [0.3, 0.4) is 0 Å². The van der Waals surface area contributed by atoms with Gasteiger partial charge in [0.25, 0.3) is 0 Å². The van der Waals surface area contributed by atoms with Crippen molar-refractivity contribution < 1.29 is 4.74 Å². The number of hydrogen-bond donors (Lipinski definition) is 0. The van der Waals surface area contributed by atoms with E-state index in [0.29, 0.717) is 22.4 Å². The molecule has 0 aliphatic rings. The third-order valence-corrected chi connectivity index (χ3v) is 6.19. The summed E-state index contributed by atoms with van der Waals surface area (Å²) in [4.78, 5) is 2.58. The number of hydrogen-bond acceptors (Lipinski definition) is 2. The van der Waals surface area contributed by atoms with Gasteiger partial charge in [-0.25, -0.2) is 0 Å². The van der Waals surface area contributed by atoms with Crippen molar-refractivity contribution in [2.24, 2.45) is 0 Å². The Balaban J connectivity index is 2.39. The Bertz CT molecular complexity index is 605. The highest BCUT2D eigenvalue weighted by Crippen LogP contribution is 2.42. The van der Waals surface area contributed by atoms with Crippen LogP contribution >= 0.6 is 50.5 Å². The molecule has 0 fully saturated rings. The van der Waals surface area contributed by atoms with Crippen molar-refractivity contribution in [1.29, 1.82) is 0 Å². The monoisotopic (exact) mass is 392 g/mol. The minimum absolute atomic E-state index is 0.0422. The van der Waals surface area contributed by atoms with Crippen LogP contribution in [0.15, 0.2) is 18.2 Å². The van der Waals surface area contributed by atoms with Crippen molar-refractivity contribution in [2.75, 3.05) is 6.61 Å². The lowest BCUT2D eigenvalue weighted by molar-refractivity contribution is 0.340. The minimum atomic E-state index is 0.0422. The third kappa shape index (κ3) is 3.33. The molecule has 2 aromatic rings. The largest absolute Gasteiger partial charge is 0.492 e. The van der Waals surface area contributed by atoms with E-state index in [-0.39, 0.29) is 4.83 Å². The predicted molar refractivity (Wildman–Crippen MR) is 92.2 cm³/mol. The van der Waals surface area contributed by atoms with Crippen LogP contribution in [0.4, 0.5) is 0 Å². The number of thiophene rings is 1. The summed E-state index contributed by atoms with van der Waals surface area (Å²) in [5.41, 5.74) is 2.25. The highest BCUT2D eigenvalue weighted by atomic mass is 79.9. The zero-order chi connectivity index (χ0) is 14.9. The Morgan fingerprint density at radius 3 is 2.45 bits per heavy atom. The predicted octanol–water partition coefficient (Wildman–Crippen LogP) is 6.55. The SMILES string of the molecule is CCOc1cc(Cl)c(C(Br)c2cc(C)c(C)s2)cc1Cl. The van der Waals surface area contributed by atoms with Crippen LogP contribution in [0.5, 0.6) is 5.75 Å². The maximum absolute atomic E-state index is 6.36. The van der Waals surface area contributed by atoms with Gasteiger partial charge in [-0.05, 0) is 44.0 Å². The number of benzene rings is 1. The van der Waals surface area contributed by atoms with Crippen molar-refractivity contribution in [1.82, 2.24) is 0 Å². The molecule has 0 N–H and O–H groups in total. The lowest BCUT2D eigenvalue weighted by Crippen LogP contribution is -1.96. The molecular formula is C15H15BrCl2OS. The zero-order valence-corrected chi connectivity index (χ0v) is 15.4. The second-order valence-electron chi connectivity index (χ2n) is 4.49. The molecule has 1 nitrogen and oxygen atoms in total. The molecule has 1 aromatic carbocycles. The van der Waals surface area contributed by atoms with Gasteiger partial charge in [0.15, 0.2) is 0 Å². The smallest absolute Gasteiger partial charge is 0.139 e. The average molecular weight is 394 g/mol. The summed E-state index contributed by atoms with van der Waals surface area (Å²) in [6, 6.07) is 5.84. The molecule has 0 aliphatic heterocycles. The standard InChI is InChI=1S/C15H15BrCl2OS/c1-4-19-13-7-11(17)10(6-12(13)18)15(16)14-5-8(2)9(3)20-14/h5-7,15H,4H2,1-3H3. The second kappa shape index (κ2) is 6.69. The van der Waals surface area contributed by atoms with Crippen LogP contribution < -0.4 is 4.74 Å². The number of ether oxygens (including phenoxy) is 1. The molecule has 0 amide bonds. The quantitative estimate of drug-likeness (QED) is 0.534. The first-order valence-corrected chi connectivity index (χ1v) is 8.75. The first kappa shape index (κ1) is 16.2. The van der Waals surface area contributed by atoms with Crippen LogP contribution in [-0.2, 0) is 0 Å². The Kier molecular flexibility index (Phi) is 5.41. The molecule has 0 aliphatic carbocycles. The lowest BCUT2D eigenvalue weighted by atomic mass is 10.1. The summed E-state index contributed by atoms with van der Waals surface area (Å²) in [6.45, 7) is 6.72. The highest BCUT2D eigenvalue weighted by molar-refractivity contribution is 9.09. The van der Waals surface area contributed by atoms with Gasteiger partial charge in [0, 0.05) is 20.8 Å². The van der Waals surface area contributed by atoms with Crippen LogP contribution in [0.1, 0.15) is 32.6 Å². The summed E-state index contributed by atoms with van der Waals surface area (Å²) >= 11 is 18.1. The highest BCUT2D eigenvalue weighted by Gasteiger charge is 2.19. The molecule has 0 bridgehead atoms. The van der Waals surface area contributed by atoms with E-state index < -0.39 is 0 Å². The van der Waals surface area contributed by atoms with Gasteiger partial charge in [0.05, 0.1) is 16.5 Å². The van der Waals surface area contributed by atoms with Crippen molar-refractivity contribution in [2.45, 2.75) is 25.6 Å². The lowest BCUT2D eigenvalue weighted by Gasteiger charge is -2.14. The molecule has 1 heterocycles. The number of rotatable bonds is 4. The molecule has 0 spiro atoms. The van der Waals surface area contributed by atoms with E-state index in [2.05, 4.69) is 35.8 Å². The molecule has 5 heteroatoms. The van der Waals surface area contributed by atoms with Gasteiger partial charge >= 0.3 is 0 Å². The van der Waals surface area contributed by atoms with E-state index in [1.165, 1.54) is 15.3 Å². The Hall–Kier alpha value is -0.220. The van der Waals surface area contributed by atoms with E-state index in [4.69, 9.17) is 27.9 Å². The van der Waals surface area contributed by atoms with Gasteiger partial charge in [0.1, 0.15) is 5.75 Å². The molecule has 0 radical (unpaired) electrons. The maximum atomic E-state index is 6.36. The topological polar surface area (TPSA) is 9.23 Å². The van der Waals surface area contributed by atoms with E-state index in [9.17, 15) is 0 Å². The Morgan fingerprint density at radius 2 is 1.90 bits per heavy atom. The average Bonchev–Trinajstić information content (AvgIpc) is 2.73. The summed E-state index contributed by atoms with van der Waals surface area (Å²) < 4.78 is 5.45. The van der Waals surface area contributed by atoms with Gasteiger partial charge in [-0.2, -0.15) is 0 Å². The van der Waals surface area contributed by atoms with Crippen molar-refractivity contribution >= 4 is 50.5 Å². The molecule has 1 atom stereocenters. The van der Waals surface area contributed by atoms with Gasteiger partial charge < -0.3 is 4.74 Å². The molecule has 2 rings (SSSR count). The van der Waals surface area contributed by atoms with Crippen molar-refractivity contribution in [3.05, 3.63) is 49.1 Å². The summed E-state index contributed by atoms with van der Waals surface area (Å²) in [5.74, 6) is 0.626. The summed E-state index contributed by atoms with van der Waals surface area (Å²) in [5, 5.41) is 1.24. The van der Waals surface area contributed by atoms with E-state index in [0.717, 1.165) is 5.56 Å². The fraction of sp³-hybridized carbons (Fsp3) is 0.333. The van der Waals surface area contributed by atoms with E-state index in [1.54, 1.807) is 17.4 Å². The van der Waals surface area contributed by atoms with Crippen LogP contribution in [0, 0.1) is 13.8 Å². The van der Waals surface area contributed by atoms with Crippen LogP contribution in [0.25, 0.3) is 0 Å². The number of aryl methyl sites for hydroxylation is 2. The number of alkyl halides is 1. The molecule has 1 aromatic heterocycles. The first-order valence-electron chi connectivity index (χ1n) is 6.26. The molecular weight excluding hydrogens is 379 g/mol. The van der Waals surface area contributed by atoms with Crippen molar-refractivity contribution in [3.63, 3.8) is 0 Å². The summed E-state index contributed by atoms with van der Waals surface area (Å²) in [6.07, 6.45) is 0. The van der Waals surface area contributed by atoms with Gasteiger partial charge in [-0.3, -0.25) is 0 Å². The van der Waals surface area contributed by atoms with Gasteiger partial charge in [0.2, 0.25) is 0 Å². The summed E-state index contributed by atoms with van der Waals surface area (Å²) in [7, 11) is 0. The van der Waals surface area contributed by atoms with E-state index >= 15 is 0 Å². The fourth-order valence-electron chi connectivity index (χ4n) is 1.88.